The largest absolute Gasteiger partial charge is 0.456 e. The van der Waals surface area contributed by atoms with Gasteiger partial charge in [-0.3, -0.25) is 14.4 Å². The van der Waals surface area contributed by atoms with Gasteiger partial charge < -0.3 is 14.5 Å². The highest BCUT2D eigenvalue weighted by atomic mass is 32.2. The molecule has 0 bridgehead atoms. The zero-order valence-electron chi connectivity index (χ0n) is 15.2. The van der Waals surface area contributed by atoms with E-state index in [2.05, 4.69) is 0 Å². The van der Waals surface area contributed by atoms with Crippen LogP contribution in [0, 0.1) is 5.92 Å². The fourth-order valence-corrected chi connectivity index (χ4v) is 5.60. The Labute approximate surface area is 158 Å². The van der Waals surface area contributed by atoms with Gasteiger partial charge in [0.05, 0.1) is 17.9 Å². The first kappa shape index (κ1) is 21.0. The van der Waals surface area contributed by atoms with Crippen LogP contribution >= 0.6 is 11.8 Å². The summed E-state index contributed by atoms with van der Waals surface area (Å²) in [5.41, 5.74) is 0. The molecular weight excluding hydrogens is 380 g/mol. The van der Waals surface area contributed by atoms with Crippen molar-refractivity contribution in [3.8, 4) is 0 Å². The molecule has 2 aliphatic rings. The molecule has 2 amide bonds. The van der Waals surface area contributed by atoms with E-state index in [1.54, 1.807) is 4.90 Å². The Balaban J connectivity index is 1.82. The number of rotatable bonds is 8. The highest BCUT2D eigenvalue weighted by Crippen LogP contribution is 2.20. The monoisotopic (exact) mass is 406 g/mol. The summed E-state index contributed by atoms with van der Waals surface area (Å²) < 4.78 is 28.4. The van der Waals surface area contributed by atoms with Gasteiger partial charge in [-0.05, 0) is 12.3 Å². The lowest BCUT2D eigenvalue weighted by molar-refractivity contribution is -0.153. The van der Waals surface area contributed by atoms with Crippen LogP contribution in [0.3, 0.4) is 0 Å². The van der Waals surface area contributed by atoms with Crippen LogP contribution in [0.1, 0.15) is 26.7 Å². The van der Waals surface area contributed by atoms with Crippen molar-refractivity contribution in [3.05, 3.63) is 0 Å². The van der Waals surface area contributed by atoms with Crippen LogP contribution in [0.15, 0.2) is 0 Å². The third-order valence-electron chi connectivity index (χ3n) is 4.32. The summed E-state index contributed by atoms with van der Waals surface area (Å²) in [7, 11) is -3.11. The van der Waals surface area contributed by atoms with Gasteiger partial charge in [0.1, 0.15) is 0 Å². The smallest absolute Gasteiger partial charge is 0.308 e. The molecule has 0 aromatic rings. The Morgan fingerprint density at radius 2 is 2.12 bits per heavy atom. The number of hydrogen-bond donors (Lipinski definition) is 0. The summed E-state index contributed by atoms with van der Waals surface area (Å²) >= 11 is 1.22. The minimum Gasteiger partial charge on any atom is -0.456 e. The molecule has 1 atom stereocenters. The second-order valence-electron chi connectivity index (χ2n) is 7.01. The highest BCUT2D eigenvalue weighted by molar-refractivity contribution is 8.13. The van der Waals surface area contributed by atoms with Crippen molar-refractivity contribution >= 4 is 38.7 Å². The number of carbonyl (C=O) groups excluding carboxylic acids is 3. The predicted molar refractivity (Wildman–Crippen MR) is 98.6 cm³/mol. The molecule has 2 fully saturated rings. The number of carbonyl (C=O) groups is 3. The molecule has 2 aliphatic heterocycles. The van der Waals surface area contributed by atoms with Crippen LogP contribution in [0.25, 0.3) is 0 Å². The molecule has 0 aromatic carbocycles. The molecule has 1 unspecified atom stereocenters. The van der Waals surface area contributed by atoms with Crippen LogP contribution < -0.4 is 0 Å². The molecule has 0 saturated carbocycles. The Kier molecular flexibility index (Phi) is 7.33. The summed E-state index contributed by atoms with van der Waals surface area (Å²) in [5.74, 6) is 0.0427. The molecule has 2 saturated heterocycles. The molecule has 10 heteroatoms. The zero-order chi connectivity index (χ0) is 19.3. The summed E-state index contributed by atoms with van der Waals surface area (Å²) in [6.07, 6.45) is 0.463. The molecule has 26 heavy (non-hydrogen) atoms. The fourth-order valence-electron chi connectivity index (χ4n) is 3.02. The first-order valence-corrected chi connectivity index (χ1v) is 11.6. The number of thioether (sulfide) groups is 1. The Hall–Kier alpha value is -1.29. The van der Waals surface area contributed by atoms with E-state index in [-0.39, 0.29) is 47.6 Å². The van der Waals surface area contributed by atoms with Crippen molar-refractivity contribution in [1.29, 1.82) is 0 Å². The van der Waals surface area contributed by atoms with Gasteiger partial charge in [0.25, 0.3) is 11.1 Å². The van der Waals surface area contributed by atoms with Gasteiger partial charge in [-0.2, -0.15) is 0 Å². The molecule has 8 nitrogen and oxygen atoms in total. The van der Waals surface area contributed by atoms with Crippen LogP contribution in [-0.2, 0) is 24.2 Å². The van der Waals surface area contributed by atoms with Crippen LogP contribution in [0.2, 0.25) is 0 Å². The fraction of sp³-hybridized carbons (Fsp3) is 0.812. The lowest BCUT2D eigenvalue weighted by Crippen LogP contribution is -2.45. The van der Waals surface area contributed by atoms with E-state index < -0.39 is 22.4 Å². The van der Waals surface area contributed by atoms with E-state index in [4.69, 9.17) is 4.74 Å². The second-order valence-corrected chi connectivity index (χ2v) is 10.3. The predicted octanol–water partition coefficient (Wildman–Crippen LogP) is 0.760. The van der Waals surface area contributed by atoms with E-state index in [0.29, 0.717) is 19.5 Å². The van der Waals surface area contributed by atoms with Gasteiger partial charge in [-0.1, -0.05) is 25.6 Å². The van der Waals surface area contributed by atoms with E-state index in [1.807, 2.05) is 13.8 Å². The number of sulfone groups is 1. The Bertz CT molecular complexity index is 649. The highest BCUT2D eigenvalue weighted by Gasteiger charge is 2.35. The van der Waals surface area contributed by atoms with Crippen molar-refractivity contribution in [2.75, 3.05) is 43.5 Å². The second kappa shape index (κ2) is 9.07. The quantitative estimate of drug-likeness (QED) is 0.549. The lowest BCUT2D eigenvalue weighted by Gasteiger charge is -2.29. The summed E-state index contributed by atoms with van der Waals surface area (Å²) in [6.45, 7) is 4.83. The Morgan fingerprint density at radius 3 is 2.65 bits per heavy atom. The molecule has 2 heterocycles. The maximum Gasteiger partial charge on any atom is 0.308 e. The van der Waals surface area contributed by atoms with E-state index in [0.717, 1.165) is 5.75 Å². The van der Waals surface area contributed by atoms with Crippen LogP contribution in [0.5, 0.6) is 0 Å². The van der Waals surface area contributed by atoms with Gasteiger partial charge in [0, 0.05) is 31.4 Å². The van der Waals surface area contributed by atoms with Crippen molar-refractivity contribution in [2.24, 2.45) is 5.92 Å². The molecule has 0 spiro atoms. The average molecular weight is 407 g/mol. The summed E-state index contributed by atoms with van der Waals surface area (Å²) in [6, 6.07) is -0.354. The van der Waals surface area contributed by atoms with E-state index in [1.165, 1.54) is 16.7 Å². The van der Waals surface area contributed by atoms with Gasteiger partial charge in [-0.15, -0.1) is 0 Å². The lowest BCUT2D eigenvalue weighted by atomic mass is 10.1. The molecule has 148 valence electrons. The SMILES string of the molecule is CC(C)CN(C(=O)COC(=O)CCN1CCSC1=O)C1CCS(=O)(=O)C1. The topological polar surface area (TPSA) is 101 Å². The number of ether oxygens (including phenoxy) is 1. The van der Waals surface area contributed by atoms with Gasteiger partial charge >= 0.3 is 5.97 Å². The molecule has 0 aliphatic carbocycles. The first-order valence-electron chi connectivity index (χ1n) is 8.75. The third-order valence-corrected chi connectivity index (χ3v) is 6.96. The number of esters is 1. The molecular formula is C16H26N2O6S2. The standard InChI is InChI=1S/C16H26N2O6S2/c1-12(2)9-18(13-4-8-26(22,23)11-13)14(19)10-24-15(20)3-5-17-6-7-25-16(17)21/h12-13H,3-11H2,1-2H3. The maximum atomic E-state index is 12.5. The van der Waals surface area contributed by atoms with Crippen molar-refractivity contribution in [1.82, 2.24) is 9.80 Å². The van der Waals surface area contributed by atoms with Gasteiger partial charge in [0.15, 0.2) is 16.4 Å². The van der Waals surface area contributed by atoms with Gasteiger partial charge in [0.2, 0.25) is 0 Å². The normalized spacial score (nSPS) is 22.0. The molecule has 0 N–H and O–H groups in total. The third kappa shape index (κ3) is 6.15. The Morgan fingerprint density at radius 1 is 1.38 bits per heavy atom. The summed E-state index contributed by atoms with van der Waals surface area (Å²) in [5, 5.41) is -0.0422. The number of hydrogen-bond acceptors (Lipinski definition) is 7. The minimum atomic E-state index is -3.11. The maximum absolute atomic E-state index is 12.5. The molecule has 0 radical (unpaired) electrons. The minimum absolute atomic E-state index is 0.0336. The van der Waals surface area contributed by atoms with Crippen LogP contribution in [-0.4, -0.2) is 84.9 Å². The summed E-state index contributed by atoms with van der Waals surface area (Å²) in [4.78, 5) is 38.9. The molecule has 2 rings (SSSR count). The van der Waals surface area contributed by atoms with Crippen molar-refractivity contribution < 1.29 is 27.5 Å². The zero-order valence-corrected chi connectivity index (χ0v) is 16.8. The van der Waals surface area contributed by atoms with Crippen LogP contribution in [0.4, 0.5) is 4.79 Å². The van der Waals surface area contributed by atoms with Crippen molar-refractivity contribution in [3.63, 3.8) is 0 Å². The molecule has 0 aromatic heterocycles. The average Bonchev–Trinajstić information content (AvgIpc) is 3.13. The van der Waals surface area contributed by atoms with E-state index >= 15 is 0 Å². The van der Waals surface area contributed by atoms with Gasteiger partial charge in [-0.25, -0.2) is 8.42 Å². The van der Waals surface area contributed by atoms with Crippen molar-refractivity contribution in [2.45, 2.75) is 32.7 Å². The van der Waals surface area contributed by atoms with E-state index in [9.17, 15) is 22.8 Å². The number of amides is 2. The number of nitrogens with zero attached hydrogens (tertiary/aromatic N) is 2. The first-order chi connectivity index (χ1) is 12.2.